The van der Waals surface area contributed by atoms with E-state index in [1.54, 1.807) is 0 Å². The Morgan fingerprint density at radius 2 is 2.00 bits per heavy atom. The van der Waals surface area contributed by atoms with Gasteiger partial charge in [0.25, 0.3) is 5.79 Å². The summed E-state index contributed by atoms with van der Waals surface area (Å²) in [6.07, 6.45) is 8.09. The van der Waals surface area contributed by atoms with Crippen molar-refractivity contribution in [2.75, 3.05) is 0 Å². The number of hydrogen-bond acceptors (Lipinski definition) is 7. The highest BCUT2D eigenvalue weighted by molar-refractivity contribution is 5.73. The molecule has 2 aliphatic carbocycles. The van der Waals surface area contributed by atoms with Crippen molar-refractivity contribution in [3.05, 3.63) is 23.8 Å². The molecular formula is C26H38O7. The Bertz CT molecular complexity index is 815. The largest absolute Gasteiger partial charge is 0.462 e. The van der Waals surface area contributed by atoms with Gasteiger partial charge in [-0.2, -0.15) is 0 Å². The zero-order chi connectivity index (χ0) is 24.3. The SMILES string of the molecule is CC[C@H](C)C(=O)O[C@@]1(OC(C)=O)C[C@@H](C)C=C2C=C[C@H](C)[C@H](CC[C@@H]3C[C@@H](O)CC(=O)O3)[C@H]21. The molecule has 1 fully saturated rings. The molecule has 3 rings (SSSR count). The number of rotatable bonds is 7. The lowest BCUT2D eigenvalue weighted by Gasteiger charge is -2.49. The minimum Gasteiger partial charge on any atom is -0.462 e. The highest BCUT2D eigenvalue weighted by Crippen LogP contribution is 2.51. The van der Waals surface area contributed by atoms with Crippen molar-refractivity contribution < 1.29 is 33.7 Å². The predicted molar refractivity (Wildman–Crippen MR) is 122 cm³/mol. The van der Waals surface area contributed by atoms with Crippen LogP contribution in [0.2, 0.25) is 0 Å². The molecule has 0 aromatic heterocycles. The molecule has 0 bridgehead atoms. The molecule has 184 valence electrons. The Hall–Kier alpha value is -2.15. The summed E-state index contributed by atoms with van der Waals surface area (Å²) in [7, 11) is 0. The van der Waals surface area contributed by atoms with Crippen LogP contribution in [0.25, 0.3) is 0 Å². The van der Waals surface area contributed by atoms with E-state index >= 15 is 0 Å². The van der Waals surface area contributed by atoms with Crippen molar-refractivity contribution in [2.45, 2.75) is 91.1 Å². The van der Waals surface area contributed by atoms with Crippen molar-refractivity contribution in [1.82, 2.24) is 0 Å². The fourth-order valence-corrected chi connectivity index (χ4v) is 5.52. The minimum atomic E-state index is -1.37. The molecule has 33 heavy (non-hydrogen) atoms. The van der Waals surface area contributed by atoms with E-state index in [-0.39, 0.29) is 54.1 Å². The molecule has 7 nitrogen and oxygen atoms in total. The first-order valence-electron chi connectivity index (χ1n) is 12.2. The highest BCUT2D eigenvalue weighted by Gasteiger charge is 2.55. The molecule has 0 radical (unpaired) electrons. The molecule has 1 heterocycles. The second-order valence-electron chi connectivity index (χ2n) is 10.1. The lowest BCUT2D eigenvalue weighted by Crippen LogP contribution is -2.54. The molecule has 0 spiro atoms. The molecule has 0 unspecified atom stereocenters. The smallest absolute Gasteiger partial charge is 0.311 e. The maximum atomic E-state index is 12.9. The Balaban J connectivity index is 1.93. The van der Waals surface area contributed by atoms with Crippen LogP contribution in [0, 0.1) is 29.6 Å². The number of esters is 3. The quantitative estimate of drug-likeness (QED) is 0.449. The Morgan fingerprint density at radius 1 is 1.27 bits per heavy atom. The van der Waals surface area contributed by atoms with Crippen molar-refractivity contribution in [3.63, 3.8) is 0 Å². The van der Waals surface area contributed by atoms with E-state index in [1.165, 1.54) is 6.92 Å². The number of hydrogen-bond donors (Lipinski definition) is 1. The van der Waals surface area contributed by atoms with Gasteiger partial charge in [0, 0.05) is 19.8 Å². The second kappa shape index (κ2) is 10.4. The maximum Gasteiger partial charge on any atom is 0.311 e. The molecular weight excluding hydrogens is 424 g/mol. The fraction of sp³-hybridized carbons (Fsp3) is 0.731. The van der Waals surface area contributed by atoms with Gasteiger partial charge in [0.1, 0.15) is 6.10 Å². The van der Waals surface area contributed by atoms with Gasteiger partial charge in [-0.05, 0) is 42.6 Å². The van der Waals surface area contributed by atoms with Crippen molar-refractivity contribution >= 4 is 17.9 Å². The lowest BCUT2D eigenvalue weighted by molar-refractivity contribution is -0.260. The summed E-state index contributed by atoms with van der Waals surface area (Å²) >= 11 is 0. The zero-order valence-corrected chi connectivity index (χ0v) is 20.4. The van der Waals surface area contributed by atoms with Crippen LogP contribution in [0.3, 0.4) is 0 Å². The van der Waals surface area contributed by atoms with Crippen LogP contribution in [-0.2, 0) is 28.6 Å². The van der Waals surface area contributed by atoms with Gasteiger partial charge in [-0.3, -0.25) is 14.4 Å². The highest BCUT2D eigenvalue weighted by atomic mass is 16.7. The third-order valence-corrected chi connectivity index (χ3v) is 7.27. The number of aliphatic hydroxyl groups excluding tert-OH is 1. The van der Waals surface area contributed by atoms with E-state index in [1.807, 2.05) is 20.8 Å². The summed E-state index contributed by atoms with van der Waals surface area (Å²) in [5.41, 5.74) is 1.01. The monoisotopic (exact) mass is 462 g/mol. The van der Waals surface area contributed by atoms with Crippen LogP contribution in [-0.4, -0.2) is 41.0 Å². The Labute approximate surface area is 196 Å². The molecule has 1 N–H and O–H groups in total. The maximum absolute atomic E-state index is 12.9. The van der Waals surface area contributed by atoms with Crippen LogP contribution in [0.5, 0.6) is 0 Å². The van der Waals surface area contributed by atoms with E-state index in [9.17, 15) is 19.5 Å². The average molecular weight is 463 g/mol. The van der Waals surface area contributed by atoms with Crippen LogP contribution in [0.15, 0.2) is 23.8 Å². The first-order chi connectivity index (χ1) is 15.5. The van der Waals surface area contributed by atoms with Gasteiger partial charge in [0.05, 0.1) is 24.4 Å². The van der Waals surface area contributed by atoms with Crippen LogP contribution < -0.4 is 0 Å². The first-order valence-corrected chi connectivity index (χ1v) is 12.2. The first kappa shape index (κ1) is 25.5. The number of cyclic esters (lactones) is 1. The summed E-state index contributed by atoms with van der Waals surface area (Å²) in [6.45, 7) is 9.22. The molecule has 1 saturated heterocycles. The van der Waals surface area contributed by atoms with Crippen LogP contribution in [0.1, 0.15) is 73.1 Å². The lowest BCUT2D eigenvalue weighted by atomic mass is 9.63. The zero-order valence-electron chi connectivity index (χ0n) is 20.4. The van der Waals surface area contributed by atoms with Crippen molar-refractivity contribution in [3.8, 4) is 0 Å². The number of carbonyl (C=O) groups excluding carboxylic acids is 3. The fourth-order valence-electron chi connectivity index (χ4n) is 5.52. The van der Waals surface area contributed by atoms with Gasteiger partial charge < -0.3 is 19.3 Å². The molecule has 0 amide bonds. The molecule has 1 aliphatic heterocycles. The van der Waals surface area contributed by atoms with Gasteiger partial charge in [-0.15, -0.1) is 0 Å². The second-order valence-corrected chi connectivity index (χ2v) is 10.1. The standard InChI is InChI=1S/C26H38O7/c1-6-16(3)25(30)33-26(32-18(5)27)14-15(2)11-19-8-7-17(4)22(24(19)26)10-9-21-12-20(28)13-23(29)31-21/h7-8,11,15-17,20-22,24,28H,6,9-10,12-14H2,1-5H3/t15-,16-,17-,20+,21+,22-,24-,26-/m0/s1. The van der Waals surface area contributed by atoms with Gasteiger partial charge in [-0.25, -0.2) is 0 Å². The summed E-state index contributed by atoms with van der Waals surface area (Å²) in [5.74, 6) is -2.99. The van der Waals surface area contributed by atoms with Crippen molar-refractivity contribution in [1.29, 1.82) is 0 Å². The Morgan fingerprint density at radius 3 is 2.64 bits per heavy atom. The van der Waals surface area contributed by atoms with E-state index in [2.05, 4.69) is 25.2 Å². The van der Waals surface area contributed by atoms with Gasteiger partial charge in [0.2, 0.25) is 0 Å². The number of allylic oxidation sites excluding steroid dienone is 3. The van der Waals surface area contributed by atoms with Gasteiger partial charge >= 0.3 is 17.9 Å². The molecule has 7 heteroatoms. The molecule has 0 aromatic carbocycles. The summed E-state index contributed by atoms with van der Waals surface area (Å²) in [6, 6.07) is 0. The molecule has 3 aliphatic rings. The summed E-state index contributed by atoms with van der Waals surface area (Å²) in [5, 5.41) is 9.98. The average Bonchev–Trinajstić information content (AvgIpc) is 2.71. The normalized spacial score (nSPS) is 36.8. The number of ether oxygens (including phenoxy) is 3. The van der Waals surface area contributed by atoms with E-state index in [4.69, 9.17) is 14.2 Å². The summed E-state index contributed by atoms with van der Waals surface area (Å²) < 4.78 is 17.5. The van der Waals surface area contributed by atoms with Crippen LogP contribution in [0.4, 0.5) is 0 Å². The molecule has 0 aromatic rings. The van der Waals surface area contributed by atoms with E-state index in [0.29, 0.717) is 32.1 Å². The predicted octanol–water partition coefficient (Wildman–Crippen LogP) is 4.09. The number of aliphatic hydroxyl groups is 1. The minimum absolute atomic E-state index is 0.00982. The number of fused-ring (bicyclic) bond motifs is 1. The van der Waals surface area contributed by atoms with E-state index in [0.717, 1.165) is 5.57 Å². The van der Waals surface area contributed by atoms with Crippen LogP contribution >= 0.6 is 0 Å². The van der Waals surface area contributed by atoms with E-state index < -0.39 is 17.9 Å². The Kier molecular flexibility index (Phi) is 8.04. The molecule has 0 saturated carbocycles. The van der Waals surface area contributed by atoms with Gasteiger partial charge in [-0.1, -0.05) is 45.9 Å². The third kappa shape index (κ3) is 5.86. The van der Waals surface area contributed by atoms with Gasteiger partial charge in [0.15, 0.2) is 0 Å². The molecule has 8 atom stereocenters. The summed E-state index contributed by atoms with van der Waals surface area (Å²) in [4.78, 5) is 37.0. The van der Waals surface area contributed by atoms with Crippen molar-refractivity contribution in [2.24, 2.45) is 29.6 Å². The topological polar surface area (TPSA) is 99.1 Å². The third-order valence-electron chi connectivity index (χ3n) is 7.27. The number of carbonyl (C=O) groups is 3.